The molecule has 0 bridgehead atoms. The minimum Gasteiger partial charge on any atom is -0.330 e. The van der Waals surface area contributed by atoms with Gasteiger partial charge in [-0.2, -0.15) is 0 Å². The van der Waals surface area contributed by atoms with Crippen LogP contribution in [0.5, 0.6) is 0 Å². The number of nitrogens with two attached hydrogens (primary N) is 1. The van der Waals surface area contributed by atoms with E-state index in [4.69, 9.17) is 5.73 Å². The van der Waals surface area contributed by atoms with E-state index in [-0.39, 0.29) is 0 Å². The summed E-state index contributed by atoms with van der Waals surface area (Å²) < 4.78 is 11.9. The highest BCUT2D eigenvalue weighted by molar-refractivity contribution is 4.85. The predicted molar refractivity (Wildman–Crippen MR) is 26.7 cm³/mol. The maximum Gasteiger partial charge on any atom is 0.103 e. The highest BCUT2D eigenvalue weighted by Crippen LogP contribution is 2.35. The molecule has 0 radical (unpaired) electrons. The summed E-state index contributed by atoms with van der Waals surface area (Å²) >= 11 is 0. The molecule has 0 amide bonds. The molecule has 0 spiro atoms. The van der Waals surface area contributed by atoms with E-state index >= 15 is 0 Å². The van der Waals surface area contributed by atoms with Gasteiger partial charge in [0.25, 0.3) is 0 Å². The minimum atomic E-state index is -0.511. The van der Waals surface area contributed by atoms with Gasteiger partial charge in [0.1, 0.15) is 6.17 Å². The van der Waals surface area contributed by atoms with Gasteiger partial charge in [-0.05, 0) is 25.3 Å². The molecular weight excluding hydrogens is 93.1 g/mol. The van der Waals surface area contributed by atoms with Gasteiger partial charge in [-0.15, -0.1) is 0 Å². The largest absolute Gasteiger partial charge is 0.330 e. The van der Waals surface area contributed by atoms with Crippen molar-refractivity contribution in [1.82, 2.24) is 0 Å². The maximum atomic E-state index is 11.9. The van der Waals surface area contributed by atoms with Gasteiger partial charge in [-0.3, -0.25) is 0 Å². The van der Waals surface area contributed by atoms with Crippen LogP contribution in [0.3, 0.4) is 0 Å². The first-order chi connectivity index (χ1) is 3.34. The monoisotopic (exact) mass is 103 g/mol. The highest BCUT2D eigenvalue weighted by atomic mass is 19.1. The highest BCUT2D eigenvalue weighted by Gasteiger charge is 2.35. The second-order valence-corrected chi connectivity index (χ2v) is 2.09. The number of hydrogen-bond donors (Lipinski definition) is 1. The predicted octanol–water partition coefficient (Wildman–Crippen LogP) is 0.693. The third-order valence-electron chi connectivity index (χ3n) is 1.37. The molecular formula is C5H10FN. The molecule has 0 heterocycles. The Hall–Kier alpha value is -0.110. The lowest BCUT2D eigenvalue weighted by Gasteiger charge is -1.85. The van der Waals surface area contributed by atoms with E-state index in [1.165, 1.54) is 0 Å². The van der Waals surface area contributed by atoms with Gasteiger partial charge in [-0.25, -0.2) is 4.39 Å². The van der Waals surface area contributed by atoms with Gasteiger partial charge in [0, 0.05) is 0 Å². The Morgan fingerprint density at radius 2 is 2.29 bits per heavy atom. The van der Waals surface area contributed by atoms with Crippen molar-refractivity contribution < 1.29 is 4.39 Å². The third kappa shape index (κ3) is 1.13. The van der Waals surface area contributed by atoms with Crippen molar-refractivity contribution in [1.29, 1.82) is 0 Å². The molecule has 1 rings (SSSR count). The molecule has 1 aliphatic carbocycles. The minimum absolute atomic E-state index is 0.324. The Morgan fingerprint density at radius 1 is 1.71 bits per heavy atom. The van der Waals surface area contributed by atoms with Crippen LogP contribution in [0.1, 0.15) is 12.8 Å². The van der Waals surface area contributed by atoms with E-state index in [0.717, 1.165) is 12.8 Å². The zero-order valence-corrected chi connectivity index (χ0v) is 4.23. The van der Waals surface area contributed by atoms with Gasteiger partial charge in [0.05, 0.1) is 0 Å². The fourth-order valence-corrected chi connectivity index (χ4v) is 0.723. The Labute approximate surface area is 42.7 Å². The smallest absolute Gasteiger partial charge is 0.103 e. The Balaban J connectivity index is 1.98. The molecule has 0 aromatic heterocycles. The van der Waals surface area contributed by atoms with E-state index in [1.54, 1.807) is 0 Å². The molecule has 7 heavy (non-hydrogen) atoms. The summed E-state index contributed by atoms with van der Waals surface area (Å²) in [5.74, 6) is 0.324. The van der Waals surface area contributed by atoms with Crippen LogP contribution in [0, 0.1) is 5.92 Å². The summed E-state index contributed by atoms with van der Waals surface area (Å²) in [6, 6.07) is 0. The van der Waals surface area contributed by atoms with Crippen molar-refractivity contribution in [3.63, 3.8) is 0 Å². The summed E-state index contributed by atoms with van der Waals surface area (Å²) in [4.78, 5) is 0. The quantitative estimate of drug-likeness (QED) is 0.546. The molecule has 42 valence electrons. The Kier molecular flexibility index (Phi) is 1.28. The lowest BCUT2D eigenvalue weighted by molar-refractivity contribution is 0.439. The van der Waals surface area contributed by atoms with E-state index in [9.17, 15) is 4.39 Å². The molecule has 0 aromatic rings. The topological polar surface area (TPSA) is 26.0 Å². The first-order valence-corrected chi connectivity index (χ1v) is 2.68. The average molecular weight is 103 g/mol. The molecule has 1 nitrogen and oxygen atoms in total. The molecule has 2 N–H and O–H groups in total. The van der Waals surface area contributed by atoms with Gasteiger partial charge in [-0.1, -0.05) is 0 Å². The fraction of sp³-hybridized carbons (Fsp3) is 1.00. The number of alkyl halides is 1. The zero-order valence-electron chi connectivity index (χ0n) is 4.23. The van der Waals surface area contributed by atoms with Crippen LogP contribution < -0.4 is 5.73 Å². The molecule has 1 fully saturated rings. The first kappa shape index (κ1) is 5.04. The van der Waals surface area contributed by atoms with Crippen molar-refractivity contribution in [2.45, 2.75) is 19.0 Å². The van der Waals surface area contributed by atoms with Crippen LogP contribution in [0.2, 0.25) is 0 Å². The zero-order chi connectivity index (χ0) is 5.28. The molecule has 0 aromatic carbocycles. The summed E-state index contributed by atoms with van der Waals surface area (Å²) in [5.41, 5.74) is 5.16. The van der Waals surface area contributed by atoms with Crippen LogP contribution >= 0.6 is 0 Å². The molecule has 2 atom stereocenters. The van der Waals surface area contributed by atoms with Crippen LogP contribution in [0.4, 0.5) is 4.39 Å². The molecule has 2 heteroatoms. The standard InChI is InChI=1S/C5H10FN/c6-5-3-4(5)1-2-7/h4-5H,1-3,7H2. The van der Waals surface area contributed by atoms with Gasteiger partial charge >= 0.3 is 0 Å². The molecule has 0 aliphatic heterocycles. The van der Waals surface area contributed by atoms with Crippen molar-refractivity contribution >= 4 is 0 Å². The van der Waals surface area contributed by atoms with E-state index in [2.05, 4.69) is 0 Å². The van der Waals surface area contributed by atoms with Crippen LogP contribution in [0.25, 0.3) is 0 Å². The van der Waals surface area contributed by atoms with E-state index in [1.807, 2.05) is 0 Å². The number of halogens is 1. The van der Waals surface area contributed by atoms with Crippen LogP contribution in [0.15, 0.2) is 0 Å². The number of rotatable bonds is 2. The Morgan fingerprint density at radius 3 is 2.43 bits per heavy atom. The van der Waals surface area contributed by atoms with Gasteiger partial charge in [0.2, 0.25) is 0 Å². The van der Waals surface area contributed by atoms with E-state index < -0.39 is 6.17 Å². The van der Waals surface area contributed by atoms with Crippen molar-refractivity contribution in [2.24, 2.45) is 11.7 Å². The maximum absolute atomic E-state index is 11.9. The lowest BCUT2D eigenvalue weighted by Crippen LogP contribution is -1.99. The summed E-state index contributed by atoms with van der Waals surface area (Å²) in [5, 5.41) is 0. The van der Waals surface area contributed by atoms with Crippen molar-refractivity contribution in [3.8, 4) is 0 Å². The number of hydrogen-bond acceptors (Lipinski definition) is 1. The van der Waals surface area contributed by atoms with Crippen LogP contribution in [-0.2, 0) is 0 Å². The SMILES string of the molecule is NCCC1CC1F. The van der Waals surface area contributed by atoms with Gasteiger partial charge < -0.3 is 5.73 Å². The van der Waals surface area contributed by atoms with Crippen molar-refractivity contribution in [2.75, 3.05) is 6.54 Å². The Bertz CT molecular complexity index is 65.1. The fourth-order valence-electron chi connectivity index (χ4n) is 0.723. The van der Waals surface area contributed by atoms with Crippen molar-refractivity contribution in [3.05, 3.63) is 0 Å². The second-order valence-electron chi connectivity index (χ2n) is 2.09. The lowest BCUT2D eigenvalue weighted by atomic mass is 10.3. The van der Waals surface area contributed by atoms with Crippen LogP contribution in [-0.4, -0.2) is 12.7 Å². The average Bonchev–Trinajstić information content (AvgIpc) is 2.22. The molecule has 0 saturated heterocycles. The first-order valence-electron chi connectivity index (χ1n) is 2.68. The third-order valence-corrected chi connectivity index (χ3v) is 1.37. The molecule has 2 unspecified atom stereocenters. The normalized spacial score (nSPS) is 38.6. The summed E-state index contributed by atoms with van der Waals surface area (Å²) in [6.07, 6.45) is 1.13. The summed E-state index contributed by atoms with van der Waals surface area (Å²) in [7, 11) is 0. The van der Waals surface area contributed by atoms with Gasteiger partial charge in [0.15, 0.2) is 0 Å². The summed E-state index contributed by atoms with van der Waals surface area (Å²) in [6.45, 7) is 0.644. The second kappa shape index (κ2) is 1.78. The molecule has 1 saturated carbocycles. The molecule has 1 aliphatic rings. The van der Waals surface area contributed by atoms with E-state index in [0.29, 0.717) is 12.5 Å².